The van der Waals surface area contributed by atoms with Crippen LogP contribution in [0.25, 0.3) is 6.08 Å². The van der Waals surface area contributed by atoms with Crippen LogP contribution in [0, 0.1) is 12.8 Å². The lowest BCUT2D eigenvalue weighted by atomic mass is 9.70. The minimum atomic E-state index is -0.317. The van der Waals surface area contributed by atoms with Gasteiger partial charge >= 0.3 is 0 Å². The molecule has 0 amide bonds. The molecule has 2 aliphatic rings. The van der Waals surface area contributed by atoms with Crippen LogP contribution in [0.4, 0.5) is 0 Å². The van der Waals surface area contributed by atoms with Crippen LogP contribution in [0.15, 0.2) is 18.7 Å². The predicted molar refractivity (Wildman–Crippen MR) is 121 cm³/mol. The van der Waals surface area contributed by atoms with E-state index in [1.165, 1.54) is 48.8 Å². The maximum Gasteiger partial charge on any atom is 0.147 e. The summed E-state index contributed by atoms with van der Waals surface area (Å²) in [4.78, 5) is 0. The second kappa shape index (κ2) is 10.4. The lowest BCUT2D eigenvalue weighted by molar-refractivity contribution is -0.158. The second-order valence-corrected chi connectivity index (χ2v) is 9.30. The standard InChI is InChI=1S/C26H40O4/c1-6-22-15-23(25(29-18-27-4)12-8-7-9-13-25)21(3)24(16-22)26(30-19-28-5)14-10-11-20(2)17-26/h6,15-16,20H,1,7-14,17-19H2,2-5H3. The molecule has 0 heterocycles. The summed E-state index contributed by atoms with van der Waals surface area (Å²) in [6, 6.07) is 4.56. The van der Waals surface area contributed by atoms with Gasteiger partial charge in [-0.3, -0.25) is 0 Å². The quantitative estimate of drug-likeness (QED) is 0.434. The monoisotopic (exact) mass is 416 g/mol. The smallest absolute Gasteiger partial charge is 0.147 e. The minimum absolute atomic E-state index is 0.297. The summed E-state index contributed by atoms with van der Waals surface area (Å²) in [5.74, 6) is 0.624. The van der Waals surface area contributed by atoms with Crippen LogP contribution in [0.2, 0.25) is 0 Å². The van der Waals surface area contributed by atoms with E-state index >= 15 is 0 Å². The third-order valence-corrected chi connectivity index (χ3v) is 7.17. The number of methoxy groups -OCH3 is 2. The molecule has 0 aromatic heterocycles. The average molecular weight is 417 g/mol. The summed E-state index contributed by atoms with van der Waals surface area (Å²) < 4.78 is 23.6. The summed E-state index contributed by atoms with van der Waals surface area (Å²) in [6.45, 7) is 9.30. The molecule has 0 N–H and O–H groups in total. The molecule has 0 bridgehead atoms. The molecule has 2 aliphatic carbocycles. The van der Waals surface area contributed by atoms with Gasteiger partial charge in [0.2, 0.25) is 0 Å². The van der Waals surface area contributed by atoms with Gasteiger partial charge in [-0.15, -0.1) is 0 Å². The van der Waals surface area contributed by atoms with Gasteiger partial charge in [0.1, 0.15) is 13.6 Å². The van der Waals surface area contributed by atoms with Crippen LogP contribution in [0.3, 0.4) is 0 Å². The molecule has 0 saturated heterocycles. The summed E-state index contributed by atoms with van der Waals surface area (Å²) in [7, 11) is 3.40. The van der Waals surface area contributed by atoms with Gasteiger partial charge in [0, 0.05) is 14.2 Å². The van der Waals surface area contributed by atoms with Crippen LogP contribution < -0.4 is 0 Å². The first-order valence-electron chi connectivity index (χ1n) is 11.5. The van der Waals surface area contributed by atoms with Gasteiger partial charge in [0.05, 0.1) is 11.2 Å². The zero-order valence-corrected chi connectivity index (χ0v) is 19.4. The highest BCUT2D eigenvalue weighted by Crippen LogP contribution is 2.48. The molecular formula is C26H40O4. The first-order valence-corrected chi connectivity index (χ1v) is 11.5. The zero-order valence-electron chi connectivity index (χ0n) is 19.4. The number of rotatable bonds is 9. The molecule has 2 saturated carbocycles. The number of benzene rings is 1. The molecule has 2 atom stereocenters. The van der Waals surface area contributed by atoms with Crippen LogP contribution in [-0.2, 0) is 30.1 Å². The van der Waals surface area contributed by atoms with E-state index in [1.54, 1.807) is 14.2 Å². The van der Waals surface area contributed by atoms with Crippen molar-refractivity contribution in [2.75, 3.05) is 27.8 Å². The zero-order chi connectivity index (χ0) is 21.6. The van der Waals surface area contributed by atoms with Crippen molar-refractivity contribution in [2.24, 2.45) is 5.92 Å². The van der Waals surface area contributed by atoms with Gasteiger partial charge in [0.25, 0.3) is 0 Å². The van der Waals surface area contributed by atoms with Crippen molar-refractivity contribution < 1.29 is 18.9 Å². The van der Waals surface area contributed by atoms with Gasteiger partial charge in [-0.1, -0.05) is 45.3 Å². The second-order valence-electron chi connectivity index (χ2n) is 9.30. The minimum Gasteiger partial charge on any atom is -0.359 e. The molecule has 2 fully saturated rings. The number of ether oxygens (including phenoxy) is 4. The highest BCUT2D eigenvalue weighted by molar-refractivity contribution is 5.55. The van der Waals surface area contributed by atoms with Crippen LogP contribution >= 0.6 is 0 Å². The van der Waals surface area contributed by atoms with Gasteiger partial charge in [-0.25, -0.2) is 0 Å². The summed E-state index contributed by atoms with van der Waals surface area (Å²) in [6.07, 6.45) is 12.1. The summed E-state index contributed by atoms with van der Waals surface area (Å²) in [5, 5.41) is 0. The molecule has 1 aromatic carbocycles. The van der Waals surface area contributed by atoms with Crippen LogP contribution in [0.5, 0.6) is 0 Å². The Labute approximate surface area is 182 Å². The molecule has 0 aliphatic heterocycles. The third-order valence-electron chi connectivity index (χ3n) is 7.17. The fraction of sp³-hybridized carbons (Fsp3) is 0.692. The van der Waals surface area contributed by atoms with Crippen molar-refractivity contribution in [1.82, 2.24) is 0 Å². The van der Waals surface area contributed by atoms with Crippen LogP contribution in [0.1, 0.15) is 87.0 Å². The molecule has 0 spiro atoms. The Morgan fingerprint density at radius 1 is 0.933 bits per heavy atom. The molecule has 4 heteroatoms. The largest absolute Gasteiger partial charge is 0.359 e. The SMILES string of the molecule is C=Cc1cc(C2(OCOC)CCCCC2)c(C)c(C2(OCOC)CCCC(C)C2)c1. The van der Waals surface area contributed by atoms with Crippen molar-refractivity contribution in [3.05, 3.63) is 41.0 Å². The van der Waals surface area contributed by atoms with Crippen molar-refractivity contribution in [3.63, 3.8) is 0 Å². The highest BCUT2D eigenvalue weighted by atomic mass is 16.7. The molecule has 0 radical (unpaired) electrons. The Morgan fingerprint density at radius 3 is 2.07 bits per heavy atom. The lowest BCUT2D eigenvalue weighted by Crippen LogP contribution is -2.39. The number of hydrogen-bond donors (Lipinski definition) is 0. The fourth-order valence-corrected chi connectivity index (χ4v) is 5.72. The van der Waals surface area contributed by atoms with E-state index in [2.05, 4.69) is 32.6 Å². The Morgan fingerprint density at radius 2 is 1.50 bits per heavy atom. The van der Waals surface area contributed by atoms with E-state index in [-0.39, 0.29) is 11.2 Å². The molecule has 2 unspecified atom stereocenters. The maximum absolute atomic E-state index is 6.49. The Kier molecular flexibility index (Phi) is 8.14. The van der Waals surface area contributed by atoms with E-state index in [0.717, 1.165) is 31.2 Å². The number of hydrogen-bond acceptors (Lipinski definition) is 4. The van der Waals surface area contributed by atoms with Crippen molar-refractivity contribution >= 4 is 6.08 Å². The molecule has 3 rings (SSSR count). The normalized spacial score (nSPS) is 26.5. The Bertz CT molecular complexity index is 707. The topological polar surface area (TPSA) is 36.9 Å². The summed E-state index contributed by atoms with van der Waals surface area (Å²) in [5.41, 5.74) is 4.38. The summed E-state index contributed by atoms with van der Waals surface area (Å²) >= 11 is 0. The van der Waals surface area contributed by atoms with Gasteiger partial charge < -0.3 is 18.9 Å². The van der Waals surface area contributed by atoms with Crippen LogP contribution in [-0.4, -0.2) is 27.8 Å². The van der Waals surface area contributed by atoms with E-state index in [4.69, 9.17) is 18.9 Å². The Hall–Kier alpha value is -1.20. The molecule has 4 nitrogen and oxygen atoms in total. The first kappa shape index (κ1) is 23.5. The first-order chi connectivity index (χ1) is 14.5. The van der Waals surface area contributed by atoms with E-state index in [0.29, 0.717) is 19.5 Å². The van der Waals surface area contributed by atoms with E-state index in [1.807, 2.05) is 6.08 Å². The Balaban J connectivity index is 2.14. The van der Waals surface area contributed by atoms with Gasteiger partial charge in [0.15, 0.2) is 0 Å². The maximum atomic E-state index is 6.49. The molecule has 168 valence electrons. The highest BCUT2D eigenvalue weighted by Gasteiger charge is 2.42. The van der Waals surface area contributed by atoms with E-state index < -0.39 is 0 Å². The average Bonchev–Trinajstić information content (AvgIpc) is 2.77. The molecule has 30 heavy (non-hydrogen) atoms. The molecular weight excluding hydrogens is 376 g/mol. The van der Waals surface area contributed by atoms with Gasteiger partial charge in [-0.2, -0.15) is 0 Å². The predicted octanol–water partition coefficient (Wildman–Crippen LogP) is 6.44. The third kappa shape index (κ3) is 4.83. The van der Waals surface area contributed by atoms with Crippen molar-refractivity contribution in [1.29, 1.82) is 0 Å². The molecule has 1 aromatic rings. The van der Waals surface area contributed by atoms with E-state index in [9.17, 15) is 0 Å². The lowest BCUT2D eigenvalue weighted by Gasteiger charge is -2.44. The van der Waals surface area contributed by atoms with Crippen molar-refractivity contribution in [3.8, 4) is 0 Å². The van der Waals surface area contributed by atoms with Gasteiger partial charge in [-0.05, 0) is 79.3 Å². The van der Waals surface area contributed by atoms with Crippen molar-refractivity contribution in [2.45, 2.75) is 82.8 Å². The fourth-order valence-electron chi connectivity index (χ4n) is 5.72.